The Morgan fingerprint density at radius 3 is 2.81 bits per heavy atom. The highest BCUT2D eigenvalue weighted by atomic mass is 16.7. The van der Waals surface area contributed by atoms with Gasteiger partial charge in [0.25, 0.3) is 0 Å². The number of pyridine rings is 1. The fourth-order valence-corrected chi connectivity index (χ4v) is 3.14. The SMILES string of the molecule is CCOC(=O)c1c(COc2ccc3c(c2)OCO3)nc2ccccc2c1C. The summed E-state index contributed by atoms with van der Waals surface area (Å²) in [6.45, 7) is 4.33. The molecule has 27 heavy (non-hydrogen) atoms. The van der Waals surface area contributed by atoms with Crippen LogP contribution in [0.3, 0.4) is 0 Å². The summed E-state index contributed by atoms with van der Waals surface area (Å²) in [5, 5.41) is 0.924. The third-order valence-electron chi connectivity index (χ3n) is 4.43. The van der Waals surface area contributed by atoms with Crippen LogP contribution < -0.4 is 14.2 Å². The van der Waals surface area contributed by atoms with Gasteiger partial charge >= 0.3 is 5.97 Å². The molecule has 0 radical (unpaired) electrons. The number of hydrogen-bond donors (Lipinski definition) is 0. The Labute approximate surface area is 156 Å². The number of nitrogens with zero attached hydrogens (tertiary/aromatic N) is 1. The molecular formula is C21H19NO5. The summed E-state index contributed by atoms with van der Waals surface area (Å²) >= 11 is 0. The van der Waals surface area contributed by atoms with Gasteiger partial charge < -0.3 is 18.9 Å². The summed E-state index contributed by atoms with van der Waals surface area (Å²) in [4.78, 5) is 17.2. The zero-order valence-electron chi connectivity index (χ0n) is 15.2. The van der Waals surface area contributed by atoms with Crippen molar-refractivity contribution in [3.8, 4) is 17.2 Å². The van der Waals surface area contributed by atoms with E-state index in [9.17, 15) is 4.79 Å². The lowest BCUT2D eigenvalue weighted by molar-refractivity contribution is 0.0522. The maximum absolute atomic E-state index is 12.5. The van der Waals surface area contributed by atoms with Crippen molar-refractivity contribution < 1.29 is 23.7 Å². The van der Waals surface area contributed by atoms with E-state index in [0.29, 0.717) is 35.1 Å². The zero-order chi connectivity index (χ0) is 18.8. The van der Waals surface area contributed by atoms with Gasteiger partial charge in [0.1, 0.15) is 12.4 Å². The Morgan fingerprint density at radius 1 is 1.15 bits per heavy atom. The smallest absolute Gasteiger partial charge is 0.340 e. The quantitative estimate of drug-likeness (QED) is 0.636. The first-order chi connectivity index (χ1) is 13.2. The third kappa shape index (κ3) is 3.26. The van der Waals surface area contributed by atoms with Gasteiger partial charge in [0.2, 0.25) is 6.79 Å². The van der Waals surface area contributed by atoms with Gasteiger partial charge in [-0.05, 0) is 37.6 Å². The molecule has 0 saturated heterocycles. The summed E-state index contributed by atoms with van der Waals surface area (Å²) in [6, 6.07) is 13.1. The molecule has 0 aliphatic carbocycles. The summed E-state index contributed by atoms with van der Waals surface area (Å²) in [6.07, 6.45) is 0. The van der Waals surface area contributed by atoms with Gasteiger partial charge in [0.05, 0.1) is 23.4 Å². The number of esters is 1. The number of para-hydroxylation sites is 1. The molecule has 2 heterocycles. The number of carbonyl (C=O) groups is 1. The van der Waals surface area contributed by atoms with Crippen molar-refractivity contribution in [3.63, 3.8) is 0 Å². The molecule has 0 fully saturated rings. The molecule has 1 aliphatic rings. The van der Waals surface area contributed by atoms with Crippen LogP contribution in [0.15, 0.2) is 42.5 Å². The zero-order valence-corrected chi connectivity index (χ0v) is 15.2. The van der Waals surface area contributed by atoms with E-state index >= 15 is 0 Å². The number of hydrogen-bond acceptors (Lipinski definition) is 6. The molecule has 0 atom stereocenters. The van der Waals surface area contributed by atoms with E-state index in [2.05, 4.69) is 4.98 Å². The van der Waals surface area contributed by atoms with Crippen LogP contribution in [0.1, 0.15) is 28.5 Å². The first-order valence-corrected chi connectivity index (χ1v) is 8.75. The van der Waals surface area contributed by atoms with E-state index in [0.717, 1.165) is 16.5 Å². The predicted molar refractivity (Wildman–Crippen MR) is 99.3 cm³/mol. The lowest BCUT2D eigenvalue weighted by atomic mass is 10.0. The number of carbonyl (C=O) groups excluding carboxylic acids is 1. The van der Waals surface area contributed by atoms with Crippen molar-refractivity contribution in [2.45, 2.75) is 20.5 Å². The normalized spacial score (nSPS) is 12.2. The molecular weight excluding hydrogens is 346 g/mol. The number of benzene rings is 2. The maximum atomic E-state index is 12.5. The average Bonchev–Trinajstić information content (AvgIpc) is 3.14. The van der Waals surface area contributed by atoms with Crippen molar-refractivity contribution in [3.05, 3.63) is 59.3 Å². The fraction of sp³-hybridized carbons (Fsp3) is 0.238. The fourth-order valence-electron chi connectivity index (χ4n) is 3.14. The molecule has 0 spiro atoms. The van der Waals surface area contributed by atoms with Crippen LogP contribution in [0.5, 0.6) is 17.2 Å². The van der Waals surface area contributed by atoms with E-state index < -0.39 is 5.97 Å². The highest BCUT2D eigenvalue weighted by Crippen LogP contribution is 2.35. The molecule has 4 rings (SSSR count). The van der Waals surface area contributed by atoms with Crippen molar-refractivity contribution >= 4 is 16.9 Å². The van der Waals surface area contributed by atoms with Crippen LogP contribution in [0.2, 0.25) is 0 Å². The molecule has 0 N–H and O–H groups in total. The lowest BCUT2D eigenvalue weighted by Crippen LogP contribution is -2.14. The molecule has 6 heteroatoms. The molecule has 0 unspecified atom stereocenters. The number of ether oxygens (including phenoxy) is 4. The van der Waals surface area contributed by atoms with Crippen molar-refractivity contribution in [2.24, 2.45) is 0 Å². The van der Waals surface area contributed by atoms with Crippen LogP contribution >= 0.6 is 0 Å². The molecule has 138 valence electrons. The van der Waals surface area contributed by atoms with Crippen LogP contribution in [0.4, 0.5) is 0 Å². The Kier molecular flexibility index (Phi) is 4.54. The minimum atomic E-state index is -0.391. The molecule has 1 aliphatic heterocycles. The van der Waals surface area contributed by atoms with Crippen LogP contribution in [-0.4, -0.2) is 24.4 Å². The first-order valence-electron chi connectivity index (χ1n) is 8.75. The second kappa shape index (κ2) is 7.15. The molecule has 0 bridgehead atoms. The van der Waals surface area contributed by atoms with Gasteiger partial charge in [-0.15, -0.1) is 0 Å². The van der Waals surface area contributed by atoms with E-state index in [1.807, 2.05) is 31.2 Å². The molecule has 0 saturated carbocycles. The van der Waals surface area contributed by atoms with Crippen LogP contribution in [-0.2, 0) is 11.3 Å². The van der Waals surface area contributed by atoms with Crippen molar-refractivity contribution in [1.82, 2.24) is 4.98 Å². The number of aromatic nitrogens is 1. The van der Waals surface area contributed by atoms with Gasteiger partial charge in [-0.3, -0.25) is 0 Å². The Bertz CT molecular complexity index is 1010. The lowest BCUT2D eigenvalue weighted by Gasteiger charge is -2.14. The van der Waals surface area contributed by atoms with E-state index in [1.165, 1.54) is 0 Å². The molecule has 2 aromatic carbocycles. The van der Waals surface area contributed by atoms with Crippen LogP contribution in [0.25, 0.3) is 10.9 Å². The molecule has 0 amide bonds. The number of aryl methyl sites for hydroxylation is 1. The second-order valence-corrected chi connectivity index (χ2v) is 6.10. The predicted octanol–water partition coefficient (Wildman–Crippen LogP) is 4.03. The first kappa shape index (κ1) is 17.1. The number of fused-ring (bicyclic) bond motifs is 2. The summed E-state index contributed by atoms with van der Waals surface area (Å²) in [5.41, 5.74) is 2.65. The highest BCUT2D eigenvalue weighted by molar-refractivity contribution is 5.98. The minimum absolute atomic E-state index is 0.138. The number of rotatable bonds is 5. The summed E-state index contributed by atoms with van der Waals surface area (Å²) in [5.74, 6) is 1.55. The molecule has 6 nitrogen and oxygen atoms in total. The Balaban J connectivity index is 1.69. The van der Waals surface area contributed by atoms with Crippen molar-refractivity contribution in [2.75, 3.05) is 13.4 Å². The van der Waals surface area contributed by atoms with Gasteiger partial charge in [0.15, 0.2) is 11.5 Å². The summed E-state index contributed by atoms with van der Waals surface area (Å²) < 4.78 is 21.8. The monoisotopic (exact) mass is 365 g/mol. The standard InChI is InChI=1S/C21H19NO5/c1-3-24-21(23)20-13(2)15-6-4-5-7-16(15)22-17(20)11-25-14-8-9-18-19(10-14)27-12-26-18/h4-10H,3,11-12H2,1-2H3. The maximum Gasteiger partial charge on any atom is 0.340 e. The minimum Gasteiger partial charge on any atom is -0.487 e. The molecule has 1 aromatic heterocycles. The van der Waals surface area contributed by atoms with Gasteiger partial charge in [-0.1, -0.05) is 18.2 Å². The topological polar surface area (TPSA) is 66.9 Å². The van der Waals surface area contributed by atoms with E-state index in [1.54, 1.807) is 25.1 Å². The molecule has 3 aromatic rings. The Morgan fingerprint density at radius 2 is 1.96 bits per heavy atom. The third-order valence-corrected chi connectivity index (χ3v) is 4.43. The van der Waals surface area contributed by atoms with Gasteiger partial charge in [-0.25, -0.2) is 9.78 Å². The Hall–Kier alpha value is -3.28. The second-order valence-electron chi connectivity index (χ2n) is 6.10. The average molecular weight is 365 g/mol. The highest BCUT2D eigenvalue weighted by Gasteiger charge is 2.21. The largest absolute Gasteiger partial charge is 0.487 e. The van der Waals surface area contributed by atoms with E-state index in [4.69, 9.17) is 18.9 Å². The summed E-state index contributed by atoms with van der Waals surface area (Å²) in [7, 11) is 0. The van der Waals surface area contributed by atoms with Crippen molar-refractivity contribution in [1.29, 1.82) is 0 Å². The van der Waals surface area contributed by atoms with E-state index in [-0.39, 0.29) is 13.4 Å². The van der Waals surface area contributed by atoms with Gasteiger partial charge in [-0.2, -0.15) is 0 Å². The van der Waals surface area contributed by atoms with Gasteiger partial charge in [0, 0.05) is 11.5 Å². The van der Waals surface area contributed by atoms with Crippen LogP contribution in [0, 0.1) is 6.92 Å².